The number of phosphoric ester groups is 2. The first-order chi connectivity index (χ1) is 48.4. The molecule has 0 rings (SSSR count). The predicted molar refractivity (Wildman–Crippen MR) is 409 cm³/mol. The molecule has 0 aliphatic carbocycles. The average Bonchev–Trinajstić information content (AvgIpc) is 0.936. The molecule has 17 nitrogen and oxygen atoms in total. The Labute approximate surface area is 613 Å². The van der Waals surface area contributed by atoms with Crippen molar-refractivity contribution in [3.05, 3.63) is 0 Å². The highest BCUT2D eigenvalue weighted by molar-refractivity contribution is 7.47. The zero-order chi connectivity index (χ0) is 73.5. The Balaban J connectivity index is 5.25. The van der Waals surface area contributed by atoms with E-state index in [0.717, 1.165) is 102 Å². The smallest absolute Gasteiger partial charge is 0.462 e. The summed E-state index contributed by atoms with van der Waals surface area (Å²) in [4.78, 5) is 73.0. The van der Waals surface area contributed by atoms with Crippen LogP contribution in [0.5, 0.6) is 0 Å². The monoisotopic (exact) mass is 1470 g/mol. The second kappa shape index (κ2) is 72.6. The van der Waals surface area contributed by atoms with Gasteiger partial charge in [0.05, 0.1) is 26.4 Å². The van der Waals surface area contributed by atoms with Gasteiger partial charge >= 0.3 is 39.5 Å². The fraction of sp³-hybridized carbons (Fsp3) is 0.951. The van der Waals surface area contributed by atoms with E-state index in [-0.39, 0.29) is 25.7 Å². The van der Waals surface area contributed by atoms with E-state index < -0.39 is 97.5 Å². The Hall–Kier alpha value is -1.94. The number of unbranched alkanes of at least 4 members (excludes halogenated alkanes) is 50. The van der Waals surface area contributed by atoms with Crippen LogP contribution in [0.2, 0.25) is 0 Å². The molecule has 594 valence electrons. The van der Waals surface area contributed by atoms with Crippen LogP contribution in [-0.4, -0.2) is 96.7 Å². The van der Waals surface area contributed by atoms with Crippen LogP contribution in [0.15, 0.2) is 0 Å². The van der Waals surface area contributed by atoms with Crippen molar-refractivity contribution < 1.29 is 80.2 Å². The number of carbonyl (C=O) groups excluding carboxylic acids is 4. The number of hydrogen-bond acceptors (Lipinski definition) is 15. The fourth-order valence-corrected chi connectivity index (χ4v) is 14.1. The van der Waals surface area contributed by atoms with Crippen molar-refractivity contribution in [2.24, 2.45) is 11.8 Å². The Morgan fingerprint density at radius 1 is 0.270 bits per heavy atom. The third-order valence-corrected chi connectivity index (χ3v) is 20.9. The molecule has 3 N–H and O–H groups in total. The molecule has 0 heterocycles. The van der Waals surface area contributed by atoms with Crippen LogP contribution < -0.4 is 0 Å². The van der Waals surface area contributed by atoms with Crippen molar-refractivity contribution in [3.8, 4) is 0 Å². The van der Waals surface area contributed by atoms with Crippen molar-refractivity contribution >= 4 is 39.5 Å². The summed E-state index contributed by atoms with van der Waals surface area (Å²) in [6.07, 6.45) is 62.4. The van der Waals surface area contributed by atoms with Gasteiger partial charge in [0.1, 0.15) is 19.3 Å². The minimum Gasteiger partial charge on any atom is -0.462 e. The SMILES string of the molecule is CCCCCCCCCCCCCCCCCC(=O)OC[C@H](COP(=O)(O)OC[C@@H](O)COP(=O)(O)OC[C@@H](COC(=O)CCCCCCCCCCC(C)C)OC(=O)CCCCCCCCCCCCCCCCC)OC(=O)CCCCCCCCCCCCCCCCCCC(C)C. The number of hydrogen-bond donors (Lipinski definition) is 3. The minimum absolute atomic E-state index is 0.108. The molecule has 0 bridgehead atoms. The van der Waals surface area contributed by atoms with E-state index in [4.69, 9.17) is 37.0 Å². The zero-order valence-electron chi connectivity index (χ0n) is 65.5. The maximum atomic E-state index is 13.1. The molecule has 0 aromatic rings. The van der Waals surface area contributed by atoms with Gasteiger partial charge in [0.2, 0.25) is 0 Å². The van der Waals surface area contributed by atoms with E-state index in [0.29, 0.717) is 25.7 Å². The first kappa shape index (κ1) is 98.1. The third kappa shape index (κ3) is 74.3. The number of aliphatic hydroxyl groups is 1. The average molecular weight is 1470 g/mol. The van der Waals surface area contributed by atoms with Gasteiger partial charge in [0.25, 0.3) is 0 Å². The molecule has 5 atom stereocenters. The fourth-order valence-electron chi connectivity index (χ4n) is 12.5. The van der Waals surface area contributed by atoms with Crippen molar-refractivity contribution in [2.75, 3.05) is 39.6 Å². The summed E-state index contributed by atoms with van der Waals surface area (Å²) in [5.41, 5.74) is 0. The standard InChI is InChI=1S/C81H158O17P2/c1-7-9-11-13-15-17-19-21-25-30-34-38-45-51-57-63-78(83)91-69-76(97-80(85)66-60-54-48-40-36-32-28-24-23-27-29-33-37-43-49-55-61-73(3)4)71-95-99(87,88)93-67-75(82)68-94-100(89,90)96-72-77(70-92-79(84)64-58-52-46-42-41-44-50-56-62-74(5)6)98-81(86)65-59-53-47-39-35-31-26-22-20-18-16-14-12-10-8-2/h73-77,82H,7-72H2,1-6H3,(H,87,88)(H,89,90)/t75-,76-,77-/m1/s1. The van der Waals surface area contributed by atoms with Crippen LogP contribution >= 0.6 is 15.6 Å². The lowest BCUT2D eigenvalue weighted by Gasteiger charge is -2.21. The highest BCUT2D eigenvalue weighted by atomic mass is 31.2. The van der Waals surface area contributed by atoms with Gasteiger partial charge in [0.15, 0.2) is 12.2 Å². The molecule has 0 aliphatic heterocycles. The molecular formula is C81H158O17P2. The maximum absolute atomic E-state index is 13.1. The van der Waals surface area contributed by atoms with Crippen molar-refractivity contribution in [1.82, 2.24) is 0 Å². The first-order valence-electron chi connectivity index (χ1n) is 42.0. The van der Waals surface area contributed by atoms with Crippen molar-refractivity contribution in [3.63, 3.8) is 0 Å². The Kier molecular flexibility index (Phi) is 71.2. The molecule has 0 saturated heterocycles. The van der Waals surface area contributed by atoms with Gasteiger partial charge in [-0.3, -0.25) is 37.3 Å². The van der Waals surface area contributed by atoms with Crippen LogP contribution in [0, 0.1) is 11.8 Å². The van der Waals surface area contributed by atoms with Crippen molar-refractivity contribution in [1.29, 1.82) is 0 Å². The van der Waals surface area contributed by atoms with Crippen molar-refractivity contribution in [2.45, 2.75) is 445 Å². The molecule has 0 fully saturated rings. The van der Waals surface area contributed by atoms with Crippen LogP contribution in [-0.2, 0) is 65.4 Å². The van der Waals surface area contributed by atoms with Gasteiger partial charge in [0, 0.05) is 25.7 Å². The summed E-state index contributed by atoms with van der Waals surface area (Å²) in [6, 6.07) is 0. The number of ether oxygens (including phenoxy) is 4. The Morgan fingerprint density at radius 3 is 0.680 bits per heavy atom. The molecule has 0 amide bonds. The van der Waals surface area contributed by atoms with Crippen LogP contribution in [0.25, 0.3) is 0 Å². The minimum atomic E-state index is -4.96. The van der Waals surface area contributed by atoms with E-state index in [9.17, 15) is 43.2 Å². The lowest BCUT2D eigenvalue weighted by molar-refractivity contribution is -0.161. The summed E-state index contributed by atoms with van der Waals surface area (Å²) >= 11 is 0. The first-order valence-corrected chi connectivity index (χ1v) is 45.0. The normalized spacial score (nSPS) is 13.9. The molecule has 0 aromatic heterocycles. The predicted octanol–water partition coefficient (Wildman–Crippen LogP) is 24.3. The second-order valence-corrected chi connectivity index (χ2v) is 33.0. The Morgan fingerprint density at radius 2 is 0.460 bits per heavy atom. The van der Waals surface area contributed by atoms with Gasteiger partial charge in [-0.1, -0.05) is 375 Å². The zero-order valence-corrected chi connectivity index (χ0v) is 67.3. The molecule has 0 radical (unpaired) electrons. The molecule has 0 aliphatic rings. The third-order valence-electron chi connectivity index (χ3n) is 19.0. The van der Waals surface area contributed by atoms with Gasteiger partial charge in [-0.05, 0) is 37.5 Å². The van der Waals surface area contributed by atoms with Crippen LogP contribution in [0.1, 0.15) is 427 Å². The van der Waals surface area contributed by atoms with Crippen LogP contribution in [0.4, 0.5) is 0 Å². The highest BCUT2D eigenvalue weighted by Gasteiger charge is 2.30. The van der Waals surface area contributed by atoms with Gasteiger partial charge in [-0.2, -0.15) is 0 Å². The molecule has 0 saturated carbocycles. The number of esters is 4. The molecule has 2 unspecified atom stereocenters. The van der Waals surface area contributed by atoms with Gasteiger partial charge in [-0.25, -0.2) is 9.13 Å². The van der Waals surface area contributed by atoms with Crippen LogP contribution in [0.3, 0.4) is 0 Å². The lowest BCUT2D eigenvalue weighted by Crippen LogP contribution is -2.30. The number of rotatable bonds is 80. The van der Waals surface area contributed by atoms with E-state index >= 15 is 0 Å². The maximum Gasteiger partial charge on any atom is 0.472 e. The van der Waals surface area contributed by atoms with E-state index in [1.54, 1.807) is 0 Å². The summed E-state index contributed by atoms with van der Waals surface area (Å²) in [5.74, 6) is -0.571. The second-order valence-electron chi connectivity index (χ2n) is 30.1. The number of carbonyl (C=O) groups is 4. The molecule has 0 spiro atoms. The number of phosphoric acid groups is 2. The van der Waals surface area contributed by atoms with E-state index in [2.05, 4.69) is 41.5 Å². The number of aliphatic hydroxyl groups excluding tert-OH is 1. The molecule has 0 aromatic carbocycles. The largest absolute Gasteiger partial charge is 0.472 e. The van der Waals surface area contributed by atoms with Gasteiger partial charge < -0.3 is 33.8 Å². The molecule has 19 heteroatoms. The topological polar surface area (TPSA) is 237 Å². The summed E-state index contributed by atoms with van der Waals surface area (Å²) in [7, 11) is -9.92. The van der Waals surface area contributed by atoms with Gasteiger partial charge in [-0.15, -0.1) is 0 Å². The molecular weight excluding hydrogens is 1310 g/mol. The van der Waals surface area contributed by atoms with E-state index in [1.165, 1.54) is 244 Å². The Bertz CT molecular complexity index is 1920. The summed E-state index contributed by atoms with van der Waals surface area (Å²) < 4.78 is 68.7. The van der Waals surface area contributed by atoms with E-state index in [1.807, 2.05) is 0 Å². The summed E-state index contributed by atoms with van der Waals surface area (Å²) in [6.45, 7) is 9.64. The molecule has 100 heavy (non-hydrogen) atoms. The quantitative estimate of drug-likeness (QED) is 0.0222. The summed E-state index contributed by atoms with van der Waals surface area (Å²) in [5, 5.41) is 10.6. The highest BCUT2D eigenvalue weighted by Crippen LogP contribution is 2.45. The lowest BCUT2D eigenvalue weighted by atomic mass is 10.0.